The third kappa shape index (κ3) is 3.82. The zero-order valence-corrected chi connectivity index (χ0v) is 13.0. The summed E-state index contributed by atoms with van der Waals surface area (Å²) in [6.07, 6.45) is 2.48. The van der Waals surface area contributed by atoms with Crippen LogP contribution in [0, 0.1) is 10.1 Å². The summed E-state index contributed by atoms with van der Waals surface area (Å²) < 4.78 is 0. The maximum atomic E-state index is 12.4. The number of amides is 1. The van der Waals surface area contributed by atoms with Crippen LogP contribution in [0.15, 0.2) is 24.3 Å². The van der Waals surface area contributed by atoms with Gasteiger partial charge in [0.2, 0.25) is 5.91 Å². The Hall–Kier alpha value is -1.95. The van der Waals surface area contributed by atoms with Gasteiger partial charge in [0.15, 0.2) is 0 Å². The number of aliphatic hydroxyl groups is 1. The summed E-state index contributed by atoms with van der Waals surface area (Å²) in [5, 5.41) is 20.9. The molecule has 0 aliphatic carbocycles. The van der Waals surface area contributed by atoms with Gasteiger partial charge in [-0.3, -0.25) is 14.9 Å². The number of hydrogen-bond acceptors (Lipinski definition) is 4. The highest BCUT2D eigenvalue weighted by molar-refractivity contribution is 5.77. The molecular weight excluding hydrogens is 284 g/mol. The SMILES string of the molecule is CC(C)(O)C1CCCN1C(=O)CCc1cccc([N+](=O)[O-])c1. The molecule has 1 aliphatic heterocycles. The molecule has 0 radical (unpaired) electrons. The number of non-ortho nitro benzene ring substituents is 1. The Kier molecular flexibility index (Phi) is 4.81. The second kappa shape index (κ2) is 6.44. The first-order valence-corrected chi connectivity index (χ1v) is 7.54. The summed E-state index contributed by atoms with van der Waals surface area (Å²) in [7, 11) is 0. The molecular formula is C16H22N2O4. The van der Waals surface area contributed by atoms with Crippen LogP contribution in [-0.2, 0) is 11.2 Å². The predicted octanol–water partition coefficient (Wildman–Crippen LogP) is 2.29. The lowest BCUT2D eigenvalue weighted by Crippen LogP contribution is -2.48. The van der Waals surface area contributed by atoms with E-state index in [2.05, 4.69) is 0 Å². The van der Waals surface area contributed by atoms with E-state index in [1.54, 1.807) is 30.9 Å². The fourth-order valence-corrected chi connectivity index (χ4v) is 3.02. The van der Waals surface area contributed by atoms with Crippen molar-refractivity contribution in [3.8, 4) is 0 Å². The molecule has 1 N–H and O–H groups in total. The van der Waals surface area contributed by atoms with Gasteiger partial charge in [0.1, 0.15) is 0 Å². The molecule has 1 aliphatic rings. The van der Waals surface area contributed by atoms with Crippen molar-refractivity contribution < 1.29 is 14.8 Å². The van der Waals surface area contributed by atoms with Crippen LogP contribution in [0.3, 0.4) is 0 Å². The van der Waals surface area contributed by atoms with Crippen molar-refractivity contribution in [1.29, 1.82) is 0 Å². The molecule has 6 nitrogen and oxygen atoms in total. The monoisotopic (exact) mass is 306 g/mol. The van der Waals surface area contributed by atoms with Gasteiger partial charge < -0.3 is 10.0 Å². The minimum Gasteiger partial charge on any atom is -0.388 e. The second-order valence-corrected chi connectivity index (χ2v) is 6.33. The van der Waals surface area contributed by atoms with Gasteiger partial charge >= 0.3 is 0 Å². The first-order valence-electron chi connectivity index (χ1n) is 7.54. The van der Waals surface area contributed by atoms with Crippen molar-refractivity contribution in [2.75, 3.05) is 6.54 Å². The average molecular weight is 306 g/mol. The van der Waals surface area contributed by atoms with E-state index in [9.17, 15) is 20.0 Å². The van der Waals surface area contributed by atoms with Crippen LogP contribution >= 0.6 is 0 Å². The molecule has 2 rings (SSSR count). The number of aryl methyl sites for hydroxylation is 1. The van der Waals surface area contributed by atoms with Gasteiger partial charge in [0, 0.05) is 25.1 Å². The van der Waals surface area contributed by atoms with Gasteiger partial charge in [-0.15, -0.1) is 0 Å². The highest BCUT2D eigenvalue weighted by Crippen LogP contribution is 2.27. The summed E-state index contributed by atoms with van der Waals surface area (Å²) in [5.74, 6) is -0.00358. The van der Waals surface area contributed by atoms with E-state index in [0.29, 0.717) is 19.4 Å². The van der Waals surface area contributed by atoms with Gasteiger partial charge in [-0.25, -0.2) is 0 Å². The number of carbonyl (C=O) groups excluding carboxylic acids is 1. The van der Waals surface area contributed by atoms with Gasteiger partial charge in [-0.1, -0.05) is 12.1 Å². The Labute approximate surface area is 129 Å². The standard InChI is InChI=1S/C16H22N2O4/c1-16(2,20)14-7-4-10-17(14)15(19)9-8-12-5-3-6-13(11-12)18(21)22/h3,5-6,11,14,20H,4,7-10H2,1-2H3. The molecule has 0 spiro atoms. The van der Waals surface area contributed by atoms with Crippen molar-refractivity contribution in [1.82, 2.24) is 4.90 Å². The van der Waals surface area contributed by atoms with E-state index < -0.39 is 10.5 Å². The number of likely N-dealkylation sites (tertiary alicyclic amines) is 1. The van der Waals surface area contributed by atoms with Gasteiger partial charge in [0.05, 0.1) is 16.6 Å². The number of benzene rings is 1. The van der Waals surface area contributed by atoms with E-state index in [1.807, 2.05) is 0 Å². The van der Waals surface area contributed by atoms with Crippen LogP contribution < -0.4 is 0 Å². The molecule has 1 atom stereocenters. The van der Waals surface area contributed by atoms with Crippen molar-refractivity contribution in [3.63, 3.8) is 0 Å². The molecule has 0 saturated carbocycles. The Morgan fingerprint density at radius 3 is 2.86 bits per heavy atom. The Morgan fingerprint density at radius 2 is 2.23 bits per heavy atom. The lowest BCUT2D eigenvalue weighted by Gasteiger charge is -2.33. The number of nitrogens with zero attached hydrogens (tertiary/aromatic N) is 2. The zero-order chi connectivity index (χ0) is 16.3. The number of nitro benzene ring substituents is 1. The third-order valence-corrected chi connectivity index (χ3v) is 4.14. The van der Waals surface area contributed by atoms with Crippen molar-refractivity contribution in [2.24, 2.45) is 0 Å². The van der Waals surface area contributed by atoms with Gasteiger partial charge in [-0.2, -0.15) is 0 Å². The minimum atomic E-state index is -0.905. The van der Waals surface area contributed by atoms with Crippen molar-refractivity contribution >= 4 is 11.6 Å². The molecule has 1 amide bonds. The second-order valence-electron chi connectivity index (χ2n) is 6.33. The Morgan fingerprint density at radius 1 is 1.50 bits per heavy atom. The van der Waals surface area contributed by atoms with Crippen molar-refractivity contribution in [3.05, 3.63) is 39.9 Å². The fourth-order valence-electron chi connectivity index (χ4n) is 3.02. The summed E-state index contributed by atoms with van der Waals surface area (Å²) >= 11 is 0. The van der Waals surface area contributed by atoms with Crippen LogP contribution in [0.25, 0.3) is 0 Å². The summed E-state index contributed by atoms with van der Waals surface area (Å²) in [6, 6.07) is 6.22. The molecule has 1 fully saturated rings. The van der Waals surface area contributed by atoms with E-state index >= 15 is 0 Å². The number of rotatable bonds is 5. The highest BCUT2D eigenvalue weighted by atomic mass is 16.6. The Bertz CT molecular complexity index is 566. The summed E-state index contributed by atoms with van der Waals surface area (Å²) in [6.45, 7) is 4.12. The molecule has 120 valence electrons. The van der Waals surface area contributed by atoms with E-state index in [4.69, 9.17) is 0 Å². The smallest absolute Gasteiger partial charge is 0.269 e. The average Bonchev–Trinajstić information content (AvgIpc) is 2.94. The van der Waals surface area contributed by atoms with Gasteiger partial charge in [-0.05, 0) is 38.7 Å². The quantitative estimate of drug-likeness (QED) is 0.668. The normalized spacial score (nSPS) is 18.5. The summed E-state index contributed by atoms with van der Waals surface area (Å²) in [4.78, 5) is 24.4. The first-order chi connectivity index (χ1) is 10.3. The topological polar surface area (TPSA) is 83.7 Å². The third-order valence-electron chi connectivity index (χ3n) is 4.14. The number of carbonyl (C=O) groups is 1. The number of nitro groups is 1. The minimum absolute atomic E-state index is 0.00358. The molecule has 1 aromatic rings. The largest absolute Gasteiger partial charge is 0.388 e. The molecule has 0 aromatic heterocycles. The molecule has 6 heteroatoms. The van der Waals surface area contributed by atoms with Gasteiger partial charge in [0.25, 0.3) is 5.69 Å². The molecule has 1 aromatic carbocycles. The lowest BCUT2D eigenvalue weighted by atomic mass is 9.96. The van der Waals surface area contributed by atoms with E-state index in [1.165, 1.54) is 12.1 Å². The van der Waals surface area contributed by atoms with Crippen LogP contribution in [0.1, 0.15) is 38.7 Å². The van der Waals surface area contributed by atoms with Crippen LogP contribution in [-0.4, -0.2) is 39.0 Å². The predicted molar refractivity (Wildman–Crippen MR) is 82.5 cm³/mol. The fraction of sp³-hybridized carbons (Fsp3) is 0.562. The molecule has 22 heavy (non-hydrogen) atoms. The van der Waals surface area contributed by atoms with Crippen LogP contribution in [0.4, 0.5) is 5.69 Å². The number of hydrogen-bond donors (Lipinski definition) is 1. The molecule has 1 heterocycles. The van der Waals surface area contributed by atoms with E-state index in [-0.39, 0.29) is 17.6 Å². The molecule has 1 unspecified atom stereocenters. The van der Waals surface area contributed by atoms with Crippen LogP contribution in [0.2, 0.25) is 0 Å². The Balaban J connectivity index is 1.98. The molecule has 1 saturated heterocycles. The summed E-state index contributed by atoms with van der Waals surface area (Å²) in [5.41, 5.74) is -0.0837. The highest BCUT2D eigenvalue weighted by Gasteiger charge is 2.37. The lowest BCUT2D eigenvalue weighted by molar-refractivity contribution is -0.384. The van der Waals surface area contributed by atoms with Crippen LogP contribution in [0.5, 0.6) is 0 Å². The first kappa shape index (κ1) is 16.4. The zero-order valence-electron chi connectivity index (χ0n) is 13.0. The van der Waals surface area contributed by atoms with Crippen molar-refractivity contribution in [2.45, 2.75) is 51.2 Å². The van der Waals surface area contributed by atoms with E-state index in [0.717, 1.165) is 18.4 Å². The molecule has 0 bridgehead atoms. The maximum Gasteiger partial charge on any atom is 0.269 e. The maximum absolute atomic E-state index is 12.4.